The number of aryl methyl sites for hydroxylation is 1. The third-order valence-electron chi connectivity index (χ3n) is 2.95. The van der Waals surface area contributed by atoms with Crippen molar-refractivity contribution in [2.24, 2.45) is 5.73 Å². The molecule has 0 aliphatic heterocycles. The molecule has 20 heavy (non-hydrogen) atoms. The van der Waals surface area contributed by atoms with Gasteiger partial charge >= 0.3 is 0 Å². The summed E-state index contributed by atoms with van der Waals surface area (Å²) >= 11 is 5.84. The van der Waals surface area contributed by atoms with Gasteiger partial charge in [0.15, 0.2) is 0 Å². The molecule has 0 fully saturated rings. The van der Waals surface area contributed by atoms with E-state index >= 15 is 0 Å². The van der Waals surface area contributed by atoms with E-state index < -0.39 is 0 Å². The normalized spacial score (nSPS) is 12.4. The summed E-state index contributed by atoms with van der Waals surface area (Å²) in [6, 6.07) is 4.21. The number of nitrogens with zero attached hydrogens (tertiary/aromatic N) is 2. The van der Waals surface area contributed by atoms with Crippen molar-refractivity contribution < 1.29 is 4.39 Å². The van der Waals surface area contributed by atoms with Crippen LogP contribution < -0.4 is 11.1 Å². The van der Waals surface area contributed by atoms with E-state index in [9.17, 15) is 4.39 Å². The number of rotatable bonds is 6. The Kier molecular flexibility index (Phi) is 4.98. The molecule has 0 aliphatic carbocycles. The highest BCUT2D eigenvalue weighted by molar-refractivity contribution is 6.30. The molecule has 0 spiro atoms. The van der Waals surface area contributed by atoms with E-state index in [1.807, 2.05) is 10.9 Å². The van der Waals surface area contributed by atoms with Gasteiger partial charge in [0.1, 0.15) is 5.82 Å². The first-order chi connectivity index (χ1) is 9.62. The van der Waals surface area contributed by atoms with Crippen LogP contribution in [0.2, 0.25) is 5.02 Å². The zero-order valence-electron chi connectivity index (χ0n) is 11.3. The fraction of sp³-hybridized carbons (Fsp3) is 0.357. The van der Waals surface area contributed by atoms with Gasteiger partial charge in [-0.25, -0.2) is 4.39 Å². The Morgan fingerprint density at radius 1 is 1.45 bits per heavy atom. The Bertz CT molecular complexity index is 550. The van der Waals surface area contributed by atoms with Crippen molar-refractivity contribution in [3.8, 4) is 0 Å². The Morgan fingerprint density at radius 2 is 2.25 bits per heavy atom. The Hall–Kier alpha value is -1.59. The maximum Gasteiger partial charge on any atom is 0.126 e. The Labute approximate surface area is 122 Å². The van der Waals surface area contributed by atoms with Gasteiger partial charge in [-0.05, 0) is 24.6 Å². The maximum absolute atomic E-state index is 13.3. The topological polar surface area (TPSA) is 55.9 Å². The summed E-state index contributed by atoms with van der Waals surface area (Å²) in [4.78, 5) is 0. The summed E-state index contributed by atoms with van der Waals surface area (Å²) in [7, 11) is 0. The van der Waals surface area contributed by atoms with E-state index in [1.54, 1.807) is 12.3 Å². The van der Waals surface area contributed by atoms with Crippen LogP contribution in [0.15, 0.2) is 30.6 Å². The monoisotopic (exact) mass is 296 g/mol. The zero-order valence-corrected chi connectivity index (χ0v) is 12.1. The molecule has 0 radical (unpaired) electrons. The molecule has 3 N–H and O–H groups in total. The highest BCUT2D eigenvalue weighted by Crippen LogP contribution is 2.23. The number of aromatic nitrogens is 2. The van der Waals surface area contributed by atoms with Crippen LogP contribution in [-0.2, 0) is 6.54 Å². The summed E-state index contributed by atoms with van der Waals surface area (Å²) in [5, 5.41) is 7.80. The summed E-state index contributed by atoms with van der Waals surface area (Å²) in [5.74, 6) is -0.377. The maximum atomic E-state index is 13.3. The summed E-state index contributed by atoms with van der Waals surface area (Å²) < 4.78 is 15.2. The third kappa shape index (κ3) is 3.71. The molecule has 4 nitrogen and oxygen atoms in total. The van der Waals surface area contributed by atoms with E-state index in [4.69, 9.17) is 17.3 Å². The molecule has 0 bridgehead atoms. The minimum absolute atomic E-state index is 0.126. The van der Waals surface area contributed by atoms with Gasteiger partial charge < -0.3 is 11.1 Å². The smallest absolute Gasteiger partial charge is 0.126 e. The van der Waals surface area contributed by atoms with Crippen molar-refractivity contribution in [3.05, 3.63) is 47.0 Å². The lowest BCUT2D eigenvalue weighted by Gasteiger charge is -2.17. The SMILES string of the molecule is CCCn1cc(C(CN)Nc2cc(F)cc(Cl)c2)cn1. The van der Waals surface area contributed by atoms with Crippen molar-refractivity contribution in [1.82, 2.24) is 9.78 Å². The van der Waals surface area contributed by atoms with E-state index in [0.717, 1.165) is 18.5 Å². The van der Waals surface area contributed by atoms with Gasteiger partial charge in [0.2, 0.25) is 0 Å². The van der Waals surface area contributed by atoms with Gasteiger partial charge in [0.05, 0.1) is 12.2 Å². The van der Waals surface area contributed by atoms with Crippen LogP contribution in [0.25, 0.3) is 0 Å². The molecule has 1 aromatic heterocycles. The van der Waals surface area contributed by atoms with Gasteiger partial charge in [0, 0.05) is 35.6 Å². The highest BCUT2D eigenvalue weighted by Gasteiger charge is 2.12. The van der Waals surface area contributed by atoms with Gasteiger partial charge in [-0.2, -0.15) is 5.10 Å². The van der Waals surface area contributed by atoms with Gasteiger partial charge in [-0.15, -0.1) is 0 Å². The molecule has 6 heteroatoms. The van der Waals surface area contributed by atoms with Crippen molar-refractivity contribution in [3.63, 3.8) is 0 Å². The molecule has 1 heterocycles. The molecule has 1 unspecified atom stereocenters. The minimum Gasteiger partial charge on any atom is -0.377 e. The van der Waals surface area contributed by atoms with E-state index in [2.05, 4.69) is 17.3 Å². The second-order valence-electron chi connectivity index (χ2n) is 4.63. The van der Waals surface area contributed by atoms with E-state index in [0.29, 0.717) is 17.3 Å². The van der Waals surface area contributed by atoms with Crippen LogP contribution in [0.3, 0.4) is 0 Å². The standard InChI is InChI=1S/C14H18ClFN4/c1-2-3-20-9-10(8-18-20)14(7-17)19-13-5-11(15)4-12(16)6-13/h4-6,8-9,14,19H,2-3,7,17H2,1H3. The van der Waals surface area contributed by atoms with Gasteiger partial charge in [-0.3, -0.25) is 4.68 Å². The van der Waals surface area contributed by atoms with Crippen LogP contribution in [0.1, 0.15) is 24.9 Å². The summed E-state index contributed by atoms with van der Waals surface area (Å²) in [6.45, 7) is 3.34. The Balaban J connectivity index is 2.15. The first-order valence-corrected chi connectivity index (χ1v) is 6.95. The number of hydrogen-bond donors (Lipinski definition) is 2. The molecule has 0 amide bonds. The lowest BCUT2D eigenvalue weighted by Crippen LogP contribution is -2.20. The minimum atomic E-state index is -0.377. The first-order valence-electron chi connectivity index (χ1n) is 6.57. The number of hydrogen-bond acceptors (Lipinski definition) is 3. The second kappa shape index (κ2) is 6.72. The van der Waals surface area contributed by atoms with Gasteiger partial charge in [0.25, 0.3) is 0 Å². The molecule has 0 aliphatic rings. The number of benzene rings is 1. The zero-order chi connectivity index (χ0) is 14.5. The summed E-state index contributed by atoms with van der Waals surface area (Å²) in [5.41, 5.74) is 7.36. The van der Waals surface area contributed by atoms with E-state index in [-0.39, 0.29) is 11.9 Å². The lowest BCUT2D eigenvalue weighted by molar-refractivity contribution is 0.601. The number of halogens is 2. The molecule has 1 atom stereocenters. The van der Waals surface area contributed by atoms with Crippen LogP contribution in [0.4, 0.5) is 10.1 Å². The molecule has 0 saturated heterocycles. The molecular formula is C14H18ClFN4. The highest BCUT2D eigenvalue weighted by atomic mass is 35.5. The van der Waals surface area contributed by atoms with E-state index in [1.165, 1.54) is 12.1 Å². The van der Waals surface area contributed by atoms with Crippen LogP contribution in [0, 0.1) is 5.82 Å². The molecule has 2 aromatic rings. The molecule has 0 saturated carbocycles. The van der Waals surface area contributed by atoms with Crippen molar-refractivity contribution in [1.29, 1.82) is 0 Å². The average Bonchev–Trinajstić information content (AvgIpc) is 2.84. The quantitative estimate of drug-likeness (QED) is 0.861. The van der Waals surface area contributed by atoms with Crippen LogP contribution in [0.5, 0.6) is 0 Å². The lowest BCUT2D eigenvalue weighted by atomic mass is 10.1. The number of nitrogens with one attached hydrogen (secondary N) is 1. The van der Waals surface area contributed by atoms with Crippen molar-refractivity contribution in [2.75, 3.05) is 11.9 Å². The second-order valence-corrected chi connectivity index (χ2v) is 5.06. The molecule has 108 valence electrons. The third-order valence-corrected chi connectivity index (χ3v) is 3.17. The molecule has 2 rings (SSSR count). The fourth-order valence-corrected chi connectivity index (χ4v) is 2.25. The van der Waals surface area contributed by atoms with Crippen molar-refractivity contribution in [2.45, 2.75) is 25.9 Å². The predicted molar refractivity (Wildman–Crippen MR) is 79.3 cm³/mol. The number of anilines is 1. The van der Waals surface area contributed by atoms with Crippen molar-refractivity contribution >= 4 is 17.3 Å². The Morgan fingerprint density at radius 3 is 2.90 bits per heavy atom. The predicted octanol–water partition coefficient (Wildman–Crippen LogP) is 3.20. The summed E-state index contributed by atoms with van der Waals surface area (Å²) in [6.07, 6.45) is 4.75. The molecule has 1 aromatic carbocycles. The fourth-order valence-electron chi connectivity index (χ4n) is 2.03. The van der Waals surface area contributed by atoms with Crippen LogP contribution in [-0.4, -0.2) is 16.3 Å². The number of nitrogens with two attached hydrogens (primary N) is 1. The molecular weight excluding hydrogens is 279 g/mol. The van der Waals surface area contributed by atoms with Gasteiger partial charge in [-0.1, -0.05) is 18.5 Å². The average molecular weight is 297 g/mol. The van der Waals surface area contributed by atoms with Crippen LogP contribution >= 0.6 is 11.6 Å². The largest absolute Gasteiger partial charge is 0.377 e. The first kappa shape index (κ1) is 14.8.